The number of aromatic nitrogens is 4. The molecule has 122 valence electrons. The molecule has 3 aromatic rings. The number of nitrogen functional groups attached to an aromatic ring is 1. The lowest BCUT2D eigenvalue weighted by Gasteiger charge is -2.07. The minimum absolute atomic E-state index is 0.0780. The molecule has 9 nitrogen and oxygen atoms in total. The third kappa shape index (κ3) is 2.72. The van der Waals surface area contributed by atoms with Crippen LogP contribution in [-0.4, -0.2) is 24.7 Å². The maximum absolute atomic E-state index is 13.9. The van der Waals surface area contributed by atoms with E-state index in [4.69, 9.17) is 5.73 Å². The molecule has 0 fully saturated rings. The number of rotatable bonds is 4. The molecule has 0 aliphatic heterocycles. The summed E-state index contributed by atoms with van der Waals surface area (Å²) in [5.41, 5.74) is 6.58. The van der Waals surface area contributed by atoms with E-state index >= 15 is 0 Å². The van der Waals surface area contributed by atoms with Crippen molar-refractivity contribution in [1.29, 1.82) is 0 Å². The Morgan fingerprint density at radius 2 is 2.08 bits per heavy atom. The van der Waals surface area contributed by atoms with Crippen LogP contribution in [0.25, 0.3) is 5.69 Å². The topological polar surface area (TPSA) is 125 Å². The van der Waals surface area contributed by atoms with Gasteiger partial charge in [-0.1, -0.05) is 12.1 Å². The van der Waals surface area contributed by atoms with Gasteiger partial charge in [-0.05, 0) is 19.1 Å². The summed E-state index contributed by atoms with van der Waals surface area (Å²) in [5, 5.41) is 17.7. The minimum atomic E-state index is -0.666. The first-order chi connectivity index (χ1) is 11.5. The number of para-hydroxylation sites is 1. The predicted molar refractivity (Wildman–Crippen MR) is 84.6 cm³/mol. The Morgan fingerprint density at radius 3 is 2.75 bits per heavy atom. The van der Waals surface area contributed by atoms with Crippen molar-refractivity contribution in [1.82, 2.24) is 19.7 Å². The van der Waals surface area contributed by atoms with Crippen molar-refractivity contribution in [3.8, 4) is 5.69 Å². The Bertz CT molecular complexity index is 925. The zero-order valence-corrected chi connectivity index (χ0v) is 12.5. The van der Waals surface area contributed by atoms with Crippen LogP contribution in [-0.2, 0) is 0 Å². The van der Waals surface area contributed by atoms with Crippen molar-refractivity contribution in [2.24, 2.45) is 0 Å². The molecule has 1 aromatic carbocycles. The fourth-order valence-corrected chi connectivity index (χ4v) is 2.11. The van der Waals surface area contributed by atoms with Gasteiger partial charge in [-0.15, -0.1) is 0 Å². The molecule has 2 aromatic heterocycles. The molecule has 0 atom stereocenters. The lowest BCUT2D eigenvalue weighted by atomic mass is 10.3. The Morgan fingerprint density at radius 1 is 1.33 bits per heavy atom. The molecule has 0 unspecified atom stereocenters. The molecule has 2 heterocycles. The number of hydrogen-bond acceptors (Lipinski definition) is 7. The molecule has 0 amide bonds. The Labute approximate surface area is 135 Å². The van der Waals surface area contributed by atoms with Crippen LogP contribution in [0.1, 0.15) is 5.69 Å². The Kier molecular flexibility index (Phi) is 3.78. The van der Waals surface area contributed by atoms with Gasteiger partial charge in [-0.2, -0.15) is 10.1 Å². The highest BCUT2D eigenvalue weighted by molar-refractivity contribution is 5.60. The molecule has 0 saturated heterocycles. The van der Waals surface area contributed by atoms with Crippen LogP contribution in [0.15, 0.2) is 36.7 Å². The van der Waals surface area contributed by atoms with Crippen molar-refractivity contribution in [2.45, 2.75) is 6.92 Å². The van der Waals surface area contributed by atoms with Gasteiger partial charge in [0.05, 0.1) is 22.5 Å². The van der Waals surface area contributed by atoms with E-state index in [1.807, 2.05) is 0 Å². The second kappa shape index (κ2) is 5.91. The van der Waals surface area contributed by atoms with Crippen LogP contribution >= 0.6 is 0 Å². The summed E-state index contributed by atoms with van der Waals surface area (Å²) >= 11 is 0. The third-order valence-corrected chi connectivity index (χ3v) is 3.33. The molecule has 0 aliphatic carbocycles. The minimum Gasteiger partial charge on any atom is -0.378 e. The molecule has 10 heteroatoms. The predicted octanol–water partition coefficient (Wildman–Crippen LogP) is 2.34. The first kappa shape index (κ1) is 15.3. The smallest absolute Gasteiger partial charge is 0.329 e. The molecular formula is C14H12FN7O2. The van der Waals surface area contributed by atoms with Crippen molar-refractivity contribution < 1.29 is 9.31 Å². The zero-order chi connectivity index (χ0) is 17.3. The van der Waals surface area contributed by atoms with E-state index in [2.05, 4.69) is 20.4 Å². The highest BCUT2D eigenvalue weighted by atomic mass is 19.1. The standard InChI is InChI=1S/C14H12FN7O2/c1-8-10(6-18-21(8)11-5-3-2-4-9(11)15)19-14-17-7-12(22(23)24)13(16)20-14/h2-7H,1H3,(H3,16,17,19,20). The quantitative estimate of drug-likeness (QED) is 0.556. The number of benzene rings is 1. The van der Waals surface area contributed by atoms with E-state index in [9.17, 15) is 14.5 Å². The zero-order valence-electron chi connectivity index (χ0n) is 12.5. The van der Waals surface area contributed by atoms with E-state index < -0.39 is 10.7 Å². The number of nitro groups is 1. The molecule has 0 aliphatic rings. The summed E-state index contributed by atoms with van der Waals surface area (Å²) in [6, 6.07) is 6.22. The van der Waals surface area contributed by atoms with Crippen LogP contribution in [0.4, 0.5) is 27.5 Å². The number of anilines is 3. The van der Waals surface area contributed by atoms with Crippen molar-refractivity contribution in [2.75, 3.05) is 11.1 Å². The lowest BCUT2D eigenvalue weighted by Crippen LogP contribution is -2.05. The van der Waals surface area contributed by atoms with Crippen LogP contribution in [0.3, 0.4) is 0 Å². The maximum Gasteiger partial charge on any atom is 0.329 e. The van der Waals surface area contributed by atoms with E-state index in [0.29, 0.717) is 17.1 Å². The van der Waals surface area contributed by atoms with E-state index in [-0.39, 0.29) is 17.5 Å². The van der Waals surface area contributed by atoms with Crippen molar-refractivity contribution in [3.63, 3.8) is 0 Å². The van der Waals surface area contributed by atoms with Crippen LogP contribution in [0, 0.1) is 22.9 Å². The number of hydrogen-bond donors (Lipinski definition) is 2. The summed E-state index contributed by atoms with van der Waals surface area (Å²) in [4.78, 5) is 17.7. The third-order valence-electron chi connectivity index (χ3n) is 3.33. The molecular weight excluding hydrogens is 317 g/mol. The number of halogens is 1. The van der Waals surface area contributed by atoms with Crippen molar-refractivity contribution >= 4 is 23.1 Å². The van der Waals surface area contributed by atoms with Crippen LogP contribution in [0.2, 0.25) is 0 Å². The normalized spacial score (nSPS) is 10.6. The summed E-state index contributed by atoms with van der Waals surface area (Å²) in [6.45, 7) is 1.73. The average molecular weight is 329 g/mol. The van der Waals surface area contributed by atoms with Crippen molar-refractivity contribution in [3.05, 3.63) is 58.3 Å². The number of nitrogens with zero attached hydrogens (tertiary/aromatic N) is 5. The van der Waals surface area contributed by atoms with Gasteiger partial charge in [0.25, 0.3) is 0 Å². The maximum atomic E-state index is 13.9. The molecule has 0 radical (unpaired) electrons. The monoisotopic (exact) mass is 329 g/mol. The van der Waals surface area contributed by atoms with Gasteiger partial charge in [-0.3, -0.25) is 10.1 Å². The van der Waals surface area contributed by atoms with Gasteiger partial charge in [0.2, 0.25) is 11.8 Å². The van der Waals surface area contributed by atoms with Gasteiger partial charge in [0.15, 0.2) is 0 Å². The van der Waals surface area contributed by atoms with E-state index in [1.54, 1.807) is 25.1 Å². The second-order valence-corrected chi connectivity index (χ2v) is 4.85. The fraction of sp³-hybridized carbons (Fsp3) is 0.0714. The molecule has 0 saturated carbocycles. The largest absolute Gasteiger partial charge is 0.378 e. The number of nitrogens with one attached hydrogen (secondary N) is 1. The summed E-state index contributed by atoms with van der Waals surface area (Å²) in [5.74, 6) is -0.586. The molecule has 3 rings (SSSR count). The summed E-state index contributed by atoms with van der Waals surface area (Å²) < 4.78 is 15.3. The molecule has 24 heavy (non-hydrogen) atoms. The Balaban J connectivity index is 1.91. The van der Waals surface area contributed by atoms with E-state index in [0.717, 1.165) is 6.20 Å². The highest BCUT2D eigenvalue weighted by Crippen LogP contribution is 2.24. The average Bonchev–Trinajstić information content (AvgIpc) is 2.88. The first-order valence-electron chi connectivity index (χ1n) is 6.81. The van der Waals surface area contributed by atoms with Gasteiger partial charge in [0, 0.05) is 0 Å². The molecule has 3 N–H and O–H groups in total. The highest BCUT2D eigenvalue weighted by Gasteiger charge is 2.16. The SMILES string of the molecule is Cc1c(Nc2ncc([N+](=O)[O-])c(N)n2)cnn1-c1ccccc1F. The molecule has 0 bridgehead atoms. The van der Waals surface area contributed by atoms with Gasteiger partial charge >= 0.3 is 5.69 Å². The summed E-state index contributed by atoms with van der Waals surface area (Å²) in [6.07, 6.45) is 2.49. The first-order valence-corrected chi connectivity index (χ1v) is 6.81. The van der Waals surface area contributed by atoms with Crippen LogP contribution in [0.5, 0.6) is 0 Å². The Hall–Kier alpha value is -3.56. The van der Waals surface area contributed by atoms with Gasteiger partial charge in [-0.25, -0.2) is 14.1 Å². The summed E-state index contributed by atoms with van der Waals surface area (Å²) in [7, 11) is 0. The second-order valence-electron chi connectivity index (χ2n) is 4.85. The fourth-order valence-electron chi connectivity index (χ4n) is 2.11. The lowest BCUT2D eigenvalue weighted by molar-refractivity contribution is -0.384. The molecule has 0 spiro atoms. The number of nitrogens with two attached hydrogens (primary N) is 1. The van der Waals surface area contributed by atoms with E-state index in [1.165, 1.54) is 16.9 Å². The van der Waals surface area contributed by atoms with Gasteiger partial charge < -0.3 is 11.1 Å². The van der Waals surface area contributed by atoms with Crippen LogP contribution < -0.4 is 11.1 Å². The van der Waals surface area contributed by atoms with Gasteiger partial charge in [0.1, 0.15) is 17.7 Å².